The van der Waals surface area contributed by atoms with E-state index < -0.39 is 0 Å². The number of benzene rings is 3. The van der Waals surface area contributed by atoms with E-state index in [9.17, 15) is 0 Å². The van der Waals surface area contributed by atoms with Crippen LogP contribution in [0.25, 0.3) is 22.6 Å². The molecule has 0 radical (unpaired) electrons. The number of anilines is 1. The van der Waals surface area contributed by atoms with Crippen LogP contribution in [0.15, 0.2) is 116 Å². The topological polar surface area (TPSA) is 34.1 Å². The number of nitrogens with one attached hydrogen (secondary N) is 1. The SMILES string of the molecule is C=C/C=C\C=C(/CNc1ccccc1/C=C\C)c1ccccc1OC.c1cc2ccccc2nc#1. The Labute approximate surface area is 208 Å². The van der Waals surface area contributed by atoms with Gasteiger partial charge in [-0.1, -0.05) is 97.6 Å². The molecule has 174 valence electrons. The monoisotopic (exact) mass is 458 g/mol. The molecule has 0 aliphatic rings. The first-order valence-corrected chi connectivity index (χ1v) is 11.5. The predicted molar refractivity (Wildman–Crippen MR) is 149 cm³/mol. The molecule has 0 aliphatic heterocycles. The first-order valence-electron chi connectivity index (χ1n) is 11.5. The Morgan fingerprint density at radius 3 is 2.57 bits per heavy atom. The van der Waals surface area contributed by atoms with E-state index >= 15 is 0 Å². The fourth-order valence-electron chi connectivity index (χ4n) is 3.49. The lowest BCUT2D eigenvalue weighted by Gasteiger charge is -2.15. The van der Waals surface area contributed by atoms with E-state index in [1.54, 1.807) is 13.2 Å². The number of nitrogens with zero attached hydrogens (tertiary/aromatic N) is 1. The first-order chi connectivity index (χ1) is 17.3. The number of hydrogen-bond donors (Lipinski definition) is 1. The summed E-state index contributed by atoms with van der Waals surface area (Å²) in [5.41, 5.74) is 5.47. The van der Waals surface area contributed by atoms with Crippen LogP contribution in [0.5, 0.6) is 5.75 Å². The van der Waals surface area contributed by atoms with Crippen LogP contribution in [0.1, 0.15) is 18.1 Å². The lowest BCUT2D eigenvalue weighted by atomic mass is 10.0. The Hall–Kier alpha value is -4.55. The Morgan fingerprint density at radius 2 is 1.77 bits per heavy atom. The van der Waals surface area contributed by atoms with E-state index in [-0.39, 0.29) is 0 Å². The first kappa shape index (κ1) is 25.1. The normalized spacial score (nSPS) is 11.1. The maximum Gasteiger partial charge on any atom is 0.126 e. The third-order valence-electron chi connectivity index (χ3n) is 5.18. The summed E-state index contributed by atoms with van der Waals surface area (Å²) < 4.78 is 5.52. The minimum Gasteiger partial charge on any atom is -0.496 e. The summed E-state index contributed by atoms with van der Waals surface area (Å²) in [6.07, 6.45) is 14.6. The number of aromatic nitrogens is 1. The van der Waals surface area contributed by atoms with Crippen molar-refractivity contribution in [2.45, 2.75) is 6.92 Å². The molecular weight excluding hydrogens is 428 g/mol. The van der Waals surface area contributed by atoms with Crippen molar-refractivity contribution in [3.63, 3.8) is 0 Å². The molecule has 0 fully saturated rings. The van der Waals surface area contributed by atoms with Crippen molar-refractivity contribution >= 4 is 28.2 Å². The van der Waals surface area contributed by atoms with Crippen LogP contribution < -0.4 is 10.1 Å². The Bertz CT molecular complexity index is 1250. The van der Waals surface area contributed by atoms with E-state index in [2.05, 4.69) is 59.5 Å². The summed E-state index contributed by atoms with van der Waals surface area (Å²) in [6, 6.07) is 28.9. The van der Waals surface area contributed by atoms with Gasteiger partial charge < -0.3 is 10.1 Å². The zero-order valence-corrected chi connectivity index (χ0v) is 20.2. The number of para-hydroxylation sites is 3. The Balaban J connectivity index is 0.000000281. The minimum absolute atomic E-state index is 0.691. The third kappa shape index (κ3) is 7.48. The van der Waals surface area contributed by atoms with Gasteiger partial charge in [-0.25, -0.2) is 0 Å². The van der Waals surface area contributed by atoms with E-state index in [1.165, 1.54) is 5.56 Å². The molecule has 0 saturated carbocycles. The van der Waals surface area contributed by atoms with Crippen molar-refractivity contribution in [3.8, 4) is 5.75 Å². The van der Waals surface area contributed by atoms with E-state index in [0.717, 1.165) is 33.5 Å². The van der Waals surface area contributed by atoms with Gasteiger partial charge in [0.15, 0.2) is 0 Å². The van der Waals surface area contributed by atoms with E-state index in [1.807, 2.05) is 85.8 Å². The molecule has 3 heteroatoms. The van der Waals surface area contributed by atoms with Gasteiger partial charge in [0, 0.05) is 29.4 Å². The second kappa shape index (κ2) is 13.9. The maximum absolute atomic E-state index is 5.52. The Kier molecular flexibility index (Phi) is 9.94. The van der Waals surface area contributed by atoms with E-state index in [4.69, 9.17) is 4.74 Å². The molecule has 4 aromatic rings. The average molecular weight is 459 g/mol. The van der Waals surface area contributed by atoms with Gasteiger partial charge in [-0.2, -0.15) is 4.98 Å². The van der Waals surface area contributed by atoms with Crippen LogP contribution in [0.3, 0.4) is 0 Å². The van der Waals surface area contributed by atoms with Gasteiger partial charge in [0.1, 0.15) is 5.75 Å². The highest BCUT2D eigenvalue weighted by Gasteiger charge is 2.08. The second-order valence-corrected chi connectivity index (χ2v) is 7.52. The fraction of sp³-hybridized carbons (Fsp3) is 0.0938. The van der Waals surface area contributed by atoms with Crippen LogP contribution in [-0.2, 0) is 0 Å². The largest absolute Gasteiger partial charge is 0.496 e. The number of methoxy groups -OCH3 is 1. The standard InChI is InChI=1S/C23H25NO.C9H5N/c1-4-6-7-14-20(21-15-9-11-17-23(21)25-3)18-24-22-16-10-8-13-19(22)12-5-2;1-2-6-9-8(4-1)5-3-7-10-9/h4-17,24H,1,18H2,2-3H3;1-2,4-6H/b7-6-,12-5-,20-14+;. The van der Waals surface area contributed by atoms with Gasteiger partial charge in [0.05, 0.1) is 12.6 Å². The smallest absolute Gasteiger partial charge is 0.126 e. The van der Waals surface area contributed by atoms with E-state index in [0.29, 0.717) is 6.54 Å². The van der Waals surface area contributed by atoms with Gasteiger partial charge >= 0.3 is 0 Å². The zero-order chi connectivity index (χ0) is 24.7. The van der Waals surface area contributed by atoms with Crippen LogP contribution in [-0.4, -0.2) is 18.6 Å². The molecule has 3 nitrogen and oxygen atoms in total. The van der Waals surface area contributed by atoms with Crippen molar-refractivity contribution in [1.82, 2.24) is 4.98 Å². The summed E-state index contributed by atoms with van der Waals surface area (Å²) in [6.45, 7) is 6.44. The molecule has 4 rings (SSSR count). The molecule has 0 atom stereocenters. The lowest BCUT2D eigenvalue weighted by Crippen LogP contribution is -2.06. The molecule has 1 N–H and O–H groups in total. The number of ether oxygens (including phenoxy) is 1. The molecule has 0 spiro atoms. The number of allylic oxidation sites excluding steroid dienone is 5. The zero-order valence-electron chi connectivity index (χ0n) is 20.2. The molecular formula is C32H30N2O. The Morgan fingerprint density at radius 1 is 1.00 bits per heavy atom. The van der Waals surface area contributed by atoms with Gasteiger partial charge in [-0.3, -0.25) is 0 Å². The van der Waals surface area contributed by atoms with Crippen LogP contribution in [0.2, 0.25) is 0 Å². The summed E-state index contributed by atoms with van der Waals surface area (Å²) in [4.78, 5) is 4.00. The average Bonchev–Trinajstić information content (AvgIpc) is 2.92. The molecule has 1 aromatic heterocycles. The highest BCUT2D eigenvalue weighted by molar-refractivity contribution is 5.77. The maximum atomic E-state index is 5.52. The van der Waals surface area contributed by atoms with Gasteiger partial charge in [0.25, 0.3) is 0 Å². The van der Waals surface area contributed by atoms with Crippen molar-refractivity contribution in [3.05, 3.63) is 139 Å². The van der Waals surface area contributed by atoms with Gasteiger partial charge in [-0.05, 0) is 48.4 Å². The summed E-state index contributed by atoms with van der Waals surface area (Å²) in [5, 5.41) is 4.65. The predicted octanol–water partition coefficient (Wildman–Crippen LogP) is 7.80. The highest BCUT2D eigenvalue weighted by atomic mass is 16.5. The quantitative estimate of drug-likeness (QED) is 0.274. The third-order valence-corrected chi connectivity index (χ3v) is 5.18. The van der Waals surface area contributed by atoms with Crippen LogP contribution in [0, 0.1) is 12.3 Å². The van der Waals surface area contributed by atoms with Gasteiger partial charge in [-0.15, -0.1) is 0 Å². The van der Waals surface area contributed by atoms with Crippen molar-refractivity contribution in [2.24, 2.45) is 0 Å². The molecule has 0 aliphatic carbocycles. The molecule has 3 aromatic carbocycles. The molecule has 0 saturated heterocycles. The second-order valence-electron chi connectivity index (χ2n) is 7.52. The fourth-order valence-corrected chi connectivity index (χ4v) is 3.49. The molecule has 0 amide bonds. The number of hydrogen-bond acceptors (Lipinski definition) is 3. The summed E-state index contributed by atoms with van der Waals surface area (Å²) >= 11 is 0. The summed E-state index contributed by atoms with van der Waals surface area (Å²) in [7, 11) is 1.70. The van der Waals surface area contributed by atoms with Crippen molar-refractivity contribution in [1.29, 1.82) is 0 Å². The highest BCUT2D eigenvalue weighted by Crippen LogP contribution is 2.27. The molecule has 0 unspecified atom stereocenters. The minimum atomic E-state index is 0.691. The van der Waals surface area contributed by atoms with Crippen LogP contribution >= 0.6 is 0 Å². The molecule has 1 heterocycles. The number of rotatable bonds is 8. The van der Waals surface area contributed by atoms with Crippen molar-refractivity contribution in [2.75, 3.05) is 19.0 Å². The van der Waals surface area contributed by atoms with Gasteiger partial charge in [0.2, 0.25) is 0 Å². The molecule has 35 heavy (non-hydrogen) atoms. The number of fused-ring (bicyclic) bond motifs is 1. The molecule has 0 bridgehead atoms. The lowest BCUT2D eigenvalue weighted by molar-refractivity contribution is 0.413. The van der Waals surface area contributed by atoms with Crippen molar-refractivity contribution < 1.29 is 4.74 Å². The van der Waals surface area contributed by atoms with Crippen LogP contribution in [0.4, 0.5) is 5.69 Å². The summed E-state index contributed by atoms with van der Waals surface area (Å²) in [5.74, 6) is 0.865.